The van der Waals surface area contributed by atoms with Gasteiger partial charge in [-0.25, -0.2) is 63.1 Å². The van der Waals surface area contributed by atoms with E-state index in [0.717, 1.165) is 37.0 Å². The molecule has 0 saturated carbocycles. The van der Waals surface area contributed by atoms with E-state index in [1.807, 2.05) is 0 Å². The summed E-state index contributed by atoms with van der Waals surface area (Å²) < 4.78 is 127. The van der Waals surface area contributed by atoms with Crippen LogP contribution in [0.3, 0.4) is 0 Å². The Balaban J connectivity index is 0.898. The first-order valence-corrected chi connectivity index (χ1v) is 31.6. The average Bonchev–Trinajstić information content (AvgIpc) is 3.04. The van der Waals surface area contributed by atoms with Crippen molar-refractivity contribution in [2.24, 2.45) is 0 Å². The number of nitrogens with two attached hydrogens (primary N) is 3. The molecule has 4 saturated heterocycles. The molecule has 6 aromatic heterocycles. The normalized spacial score (nSPS) is 30.8. The molecular formula is C38H53N15O23P4S. The first kappa shape index (κ1) is 59.7. The van der Waals surface area contributed by atoms with E-state index in [4.69, 9.17) is 77.7 Å². The summed E-state index contributed by atoms with van der Waals surface area (Å²) in [4.78, 5) is 81.3. The zero-order valence-corrected chi connectivity index (χ0v) is 46.2. The number of aliphatic hydroxyl groups excluding tert-OH is 3. The van der Waals surface area contributed by atoms with Crippen LogP contribution in [0.4, 0.5) is 17.5 Å². The molecule has 10 rings (SSSR count). The number of fused-ring (bicyclic) bond motifs is 4. The van der Waals surface area contributed by atoms with Gasteiger partial charge in [-0.05, 0) is 24.2 Å². The Kier molecular flexibility index (Phi) is 17.6. The lowest BCUT2D eigenvalue weighted by Crippen LogP contribution is -2.51. The summed E-state index contributed by atoms with van der Waals surface area (Å²) in [6, 6.07) is 0. The fourth-order valence-electron chi connectivity index (χ4n) is 9.62. The molecule has 0 radical (unpaired) electrons. The van der Waals surface area contributed by atoms with E-state index in [-0.39, 0.29) is 76.1 Å². The molecule has 0 spiro atoms. The summed E-state index contributed by atoms with van der Waals surface area (Å²) in [7, 11) is -14.5. The first-order valence-electron chi connectivity index (χ1n) is 24.0. The van der Waals surface area contributed by atoms with Crippen molar-refractivity contribution >= 4 is 92.6 Å². The highest BCUT2D eigenvalue weighted by Crippen LogP contribution is 2.61. The highest BCUT2D eigenvalue weighted by molar-refractivity contribution is 8.54. The van der Waals surface area contributed by atoms with Crippen LogP contribution in [0.1, 0.15) is 31.5 Å². The topological polar surface area (TPSA) is 530 Å². The van der Waals surface area contributed by atoms with Gasteiger partial charge in [-0.3, -0.25) is 45.4 Å². The quantitative estimate of drug-likeness (QED) is 0.0314. The van der Waals surface area contributed by atoms with E-state index in [0.29, 0.717) is 11.4 Å². The molecule has 13 N–H and O–H groups in total. The van der Waals surface area contributed by atoms with Gasteiger partial charge in [0, 0.05) is 19.5 Å². The second kappa shape index (κ2) is 23.9. The van der Waals surface area contributed by atoms with Crippen LogP contribution in [0.5, 0.6) is 0 Å². The molecule has 10 heterocycles. The van der Waals surface area contributed by atoms with Crippen molar-refractivity contribution in [2.45, 2.75) is 86.0 Å². The maximum atomic E-state index is 14.4. The van der Waals surface area contributed by atoms with Crippen LogP contribution in [-0.4, -0.2) is 207 Å². The largest absolute Gasteiger partial charge is 0.472 e. The van der Waals surface area contributed by atoms with Gasteiger partial charge in [-0.1, -0.05) is 0 Å². The lowest BCUT2D eigenvalue weighted by molar-refractivity contribution is -0.165. The molecule has 10 unspecified atom stereocenters. The van der Waals surface area contributed by atoms with Crippen molar-refractivity contribution in [3.05, 3.63) is 38.0 Å². The summed E-state index contributed by atoms with van der Waals surface area (Å²) in [6.07, 6.45) is -10.2. The van der Waals surface area contributed by atoms with Gasteiger partial charge in [0.2, 0.25) is 0 Å². The molecule has 0 bridgehead atoms. The Morgan fingerprint density at radius 1 is 0.642 bits per heavy atom. The number of anilines is 3. The monoisotopic (exact) mass is 1240 g/mol. The second-order valence-electron chi connectivity index (χ2n) is 18.1. The van der Waals surface area contributed by atoms with Gasteiger partial charge in [0.25, 0.3) is 0 Å². The van der Waals surface area contributed by atoms with Crippen LogP contribution in [-0.2, 0) is 73.6 Å². The highest BCUT2D eigenvalue weighted by Gasteiger charge is 2.62. The van der Waals surface area contributed by atoms with Crippen molar-refractivity contribution in [2.75, 3.05) is 76.3 Å². The molecule has 444 valence electrons. The third-order valence-electron chi connectivity index (χ3n) is 13.1. The molecule has 4 aliphatic rings. The molecule has 0 aliphatic carbocycles. The SMILES string of the molecule is COC1C(OP(=O)(O)OC[C@H]2O[C@@H](n3cnc4c(N)ncnc43)C(OP(=O)(O)OC[C@]34CCCOC3C(OP(=O)(O)SCCO)[C@H](n3cnc5c(N)ncnc53)O4)C2O)[C@H](n2cnc3c(N)ncnc32)O[C@@H]1COP(=O)(O)OCCO. The van der Waals surface area contributed by atoms with Crippen LogP contribution >= 0.6 is 41.6 Å². The Labute approximate surface area is 458 Å². The number of hydrogen-bond donors (Lipinski definition) is 10. The van der Waals surface area contributed by atoms with Gasteiger partial charge in [0.1, 0.15) is 90.0 Å². The molecule has 0 aromatic carbocycles. The number of aliphatic hydroxyl groups is 3. The zero-order chi connectivity index (χ0) is 57.6. The third-order valence-corrected chi connectivity index (χ3v) is 19.0. The molecule has 16 atom stereocenters. The number of ether oxygens (including phenoxy) is 5. The van der Waals surface area contributed by atoms with Crippen LogP contribution in [0, 0.1) is 0 Å². The van der Waals surface area contributed by atoms with Crippen LogP contribution in [0.25, 0.3) is 33.5 Å². The highest BCUT2D eigenvalue weighted by atomic mass is 32.7. The molecule has 43 heteroatoms. The number of methoxy groups -OCH3 is 1. The number of hydrogen-bond acceptors (Lipinski definition) is 32. The summed E-state index contributed by atoms with van der Waals surface area (Å²) in [5.41, 5.74) is 16.8. The van der Waals surface area contributed by atoms with Crippen LogP contribution in [0.15, 0.2) is 38.0 Å². The summed E-state index contributed by atoms with van der Waals surface area (Å²) in [6.45, 7) is -8.77. The molecular weight excluding hydrogens is 1190 g/mol. The summed E-state index contributed by atoms with van der Waals surface area (Å²) in [5.74, 6) is -0.335. The Bertz CT molecular complexity index is 3430. The molecule has 38 nitrogen and oxygen atoms in total. The fourth-order valence-corrected chi connectivity index (χ4v) is 14.6. The predicted octanol–water partition coefficient (Wildman–Crippen LogP) is -0.789. The van der Waals surface area contributed by atoms with Gasteiger partial charge in [-0.2, -0.15) is 0 Å². The van der Waals surface area contributed by atoms with Gasteiger partial charge in [0.15, 0.2) is 53.1 Å². The minimum Gasteiger partial charge on any atom is -0.396 e. The fraction of sp³-hybridized carbons (Fsp3) is 0.605. The van der Waals surface area contributed by atoms with Crippen molar-refractivity contribution in [1.82, 2.24) is 58.6 Å². The van der Waals surface area contributed by atoms with E-state index < -0.39 is 143 Å². The van der Waals surface area contributed by atoms with Crippen LogP contribution < -0.4 is 17.2 Å². The van der Waals surface area contributed by atoms with E-state index in [2.05, 4.69) is 44.9 Å². The third kappa shape index (κ3) is 12.4. The number of nitrogens with zero attached hydrogens (tertiary/aromatic N) is 12. The van der Waals surface area contributed by atoms with Crippen molar-refractivity contribution in [3.63, 3.8) is 0 Å². The Morgan fingerprint density at radius 3 is 1.73 bits per heavy atom. The second-order valence-corrected chi connectivity index (χ2v) is 26.3. The van der Waals surface area contributed by atoms with E-state index in [1.54, 1.807) is 0 Å². The number of phosphoric ester groups is 3. The van der Waals surface area contributed by atoms with Gasteiger partial charge < -0.3 is 75.8 Å². The number of aromatic nitrogens is 12. The summed E-state index contributed by atoms with van der Waals surface area (Å²) in [5, 5.41) is 30.5. The molecule has 6 aromatic rings. The van der Waals surface area contributed by atoms with Gasteiger partial charge in [0.05, 0.1) is 58.6 Å². The molecule has 81 heavy (non-hydrogen) atoms. The van der Waals surface area contributed by atoms with Gasteiger partial charge >= 0.3 is 30.3 Å². The number of imidazole rings is 3. The summed E-state index contributed by atoms with van der Waals surface area (Å²) >= 11 is 0.433. The number of nitrogen functional groups attached to an aromatic ring is 3. The zero-order valence-electron chi connectivity index (χ0n) is 41.8. The lowest BCUT2D eigenvalue weighted by atomic mass is 9.89. The Hall–Kier alpha value is -4.44. The molecule has 4 fully saturated rings. The minimum atomic E-state index is -5.48. The molecule has 0 amide bonds. The van der Waals surface area contributed by atoms with Crippen LogP contribution in [0.2, 0.25) is 0 Å². The standard InChI is InChI=1S/C38H53N15O23P4S/c1-65-24-19(10-68-77(57,58)67-7-4-54)72-36(52-16-49-21-30(40)43-13-46-33(21)52)26(24)75-78(59,60)69-9-18-23(56)25(35(71-18)51-15-48-20-29(39)42-12-45-32(20)51)74-79(61,62)70-11-38-3-2-6-66-28(38)27(76-80(63,64)81-8-5-55)37(73-38)53-17-50-22-31(41)44-14-47-34(22)53/h12-19,23-28,35-37,54-56H,2-11H2,1H3,(H,57,58)(H,59,60)(H,61,62)(H,63,64)(H2,39,42,45)(H2,40,43,46)(H2,41,44,47)/t18-,19-,23?,24?,25?,26?,27?,28?,35-,36-,37-,38-/m1/s1. The number of rotatable bonds is 25. The molecule has 4 aliphatic heterocycles. The first-order chi connectivity index (χ1) is 38.6. The average molecular weight is 1240 g/mol. The maximum absolute atomic E-state index is 14.4. The Morgan fingerprint density at radius 2 is 1.16 bits per heavy atom. The van der Waals surface area contributed by atoms with Crippen molar-refractivity contribution in [3.8, 4) is 0 Å². The minimum absolute atomic E-state index is 0.00618. The van der Waals surface area contributed by atoms with E-state index in [1.165, 1.54) is 21.8 Å². The predicted molar refractivity (Wildman–Crippen MR) is 270 cm³/mol. The van der Waals surface area contributed by atoms with Crippen molar-refractivity contribution < 1.29 is 109 Å². The smallest absolute Gasteiger partial charge is 0.396 e. The van der Waals surface area contributed by atoms with Crippen molar-refractivity contribution in [1.29, 1.82) is 0 Å². The van der Waals surface area contributed by atoms with E-state index in [9.17, 15) is 48.0 Å². The number of phosphoric acid groups is 3. The maximum Gasteiger partial charge on any atom is 0.472 e. The van der Waals surface area contributed by atoms with Gasteiger partial charge in [-0.15, -0.1) is 0 Å². The lowest BCUT2D eigenvalue weighted by Gasteiger charge is -2.38. The van der Waals surface area contributed by atoms with E-state index >= 15 is 0 Å².